The number of carbonyl (C=O) groups excluding carboxylic acids is 2. The maximum Gasteiger partial charge on any atom is 0.242 e. The van der Waals surface area contributed by atoms with E-state index < -0.39 is 0 Å². The minimum absolute atomic E-state index is 0.0504. The van der Waals surface area contributed by atoms with Crippen molar-refractivity contribution >= 4 is 11.8 Å². The Hall–Kier alpha value is -1.10. The molecule has 0 bridgehead atoms. The maximum absolute atomic E-state index is 12.3. The molecule has 20 heavy (non-hydrogen) atoms. The van der Waals surface area contributed by atoms with Gasteiger partial charge in [0.05, 0.1) is 6.10 Å². The molecule has 2 amide bonds. The Morgan fingerprint density at radius 2 is 2.00 bits per heavy atom. The van der Waals surface area contributed by atoms with Crippen LogP contribution in [0.3, 0.4) is 0 Å². The SMILES string of the molecule is CCC(=O)N1CCCCC1C(=O)NCC1CCCC1O. The Bertz CT molecular complexity index is 359. The summed E-state index contributed by atoms with van der Waals surface area (Å²) in [4.78, 5) is 25.9. The third kappa shape index (κ3) is 3.51. The summed E-state index contributed by atoms with van der Waals surface area (Å²) in [5.74, 6) is 0.189. The van der Waals surface area contributed by atoms with Gasteiger partial charge in [-0.3, -0.25) is 9.59 Å². The number of amides is 2. The third-order valence-corrected chi connectivity index (χ3v) is 4.59. The number of aliphatic hydroxyl groups excluding tert-OH is 1. The average molecular weight is 282 g/mol. The van der Waals surface area contributed by atoms with Crippen molar-refractivity contribution in [3.8, 4) is 0 Å². The summed E-state index contributed by atoms with van der Waals surface area (Å²) in [5.41, 5.74) is 0. The number of nitrogens with one attached hydrogen (secondary N) is 1. The lowest BCUT2D eigenvalue weighted by Crippen LogP contribution is -2.52. The molecule has 5 heteroatoms. The van der Waals surface area contributed by atoms with Gasteiger partial charge in [0.1, 0.15) is 6.04 Å². The van der Waals surface area contributed by atoms with E-state index in [2.05, 4.69) is 5.32 Å². The van der Waals surface area contributed by atoms with E-state index in [9.17, 15) is 14.7 Å². The predicted octanol–water partition coefficient (Wildman–Crippen LogP) is 1.05. The molecule has 3 unspecified atom stereocenters. The lowest BCUT2D eigenvalue weighted by atomic mass is 10.00. The van der Waals surface area contributed by atoms with E-state index >= 15 is 0 Å². The molecule has 2 fully saturated rings. The van der Waals surface area contributed by atoms with Crippen LogP contribution >= 0.6 is 0 Å². The number of hydrogen-bond donors (Lipinski definition) is 2. The van der Waals surface area contributed by atoms with E-state index in [1.54, 1.807) is 4.90 Å². The number of aliphatic hydroxyl groups is 1. The highest BCUT2D eigenvalue weighted by Crippen LogP contribution is 2.25. The maximum atomic E-state index is 12.3. The molecular formula is C15H26N2O3. The number of hydrogen-bond acceptors (Lipinski definition) is 3. The monoisotopic (exact) mass is 282 g/mol. The molecule has 0 radical (unpaired) electrons. The van der Waals surface area contributed by atoms with Crippen LogP contribution in [0.5, 0.6) is 0 Å². The van der Waals surface area contributed by atoms with E-state index in [0.717, 1.165) is 38.5 Å². The molecular weight excluding hydrogens is 256 g/mol. The normalized spacial score (nSPS) is 30.3. The first-order chi connectivity index (χ1) is 9.63. The zero-order valence-corrected chi connectivity index (χ0v) is 12.3. The van der Waals surface area contributed by atoms with Crippen LogP contribution in [0.1, 0.15) is 51.9 Å². The number of likely N-dealkylation sites (tertiary alicyclic amines) is 1. The first kappa shape index (κ1) is 15.3. The molecule has 114 valence electrons. The fourth-order valence-electron chi connectivity index (χ4n) is 3.31. The Morgan fingerprint density at radius 1 is 1.20 bits per heavy atom. The van der Waals surface area contributed by atoms with Crippen LogP contribution in [0.15, 0.2) is 0 Å². The van der Waals surface area contributed by atoms with Crippen LogP contribution in [0.4, 0.5) is 0 Å². The van der Waals surface area contributed by atoms with Crippen molar-refractivity contribution in [2.75, 3.05) is 13.1 Å². The van der Waals surface area contributed by atoms with Crippen molar-refractivity contribution in [2.24, 2.45) is 5.92 Å². The zero-order valence-electron chi connectivity index (χ0n) is 12.3. The Kier molecular flexibility index (Phi) is 5.40. The Labute approximate surface area is 120 Å². The summed E-state index contributed by atoms with van der Waals surface area (Å²) in [6.45, 7) is 3.06. The van der Waals surface area contributed by atoms with Crippen molar-refractivity contribution in [1.29, 1.82) is 0 Å². The van der Waals surface area contributed by atoms with Gasteiger partial charge in [-0.1, -0.05) is 13.3 Å². The van der Waals surface area contributed by atoms with Crippen LogP contribution < -0.4 is 5.32 Å². The number of nitrogens with zero attached hydrogens (tertiary/aromatic N) is 1. The molecule has 1 saturated carbocycles. The second-order valence-electron chi connectivity index (χ2n) is 5.96. The molecule has 1 heterocycles. The first-order valence-corrected chi connectivity index (χ1v) is 7.88. The number of rotatable bonds is 4. The minimum Gasteiger partial charge on any atom is -0.393 e. The van der Waals surface area contributed by atoms with Gasteiger partial charge in [0.2, 0.25) is 11.8 Å². The summed E-state index contributed by atoms with van der Waals surface area (Å²) < 4.78 is 0. The highest BCUT2D eigenvalue weighted by atomic mass is 16.3. The van der Waals surface area contributed by atoms with Gasteiger partial charge in [-0.2, -0.15) is 0 Å². The van der Waals surface area contributed by atoms with Crippen molar-refractivity contribution in [3.63, 3.8) is 0 Å². The quantitative estimate of drug-likeness (QED) is 0.810. The summed E-state index contributed by atoms with van der Waals surface area (Å²) in [6.07, 6.45) is 5.75. The second-order valence-corrected chi connectivity index (χ2v) is 5.96. The van der Waals surface area contributed by atoms with Gasteiger partial charge < -0.3 is 15.3 Å². The first-order valence-electron chi connectivity index (χ1n) is 7.88. The average Bonchev–Trinajstić information content (AvgIpc) is 2.89. The van der Waals surface area contributed by atoms with E-state index in [0.29, 0.717) is 19.5 Å². The van der Waals surface area contributed by atoms with Gasteiger partial charge in [0.15, 0.2) is 0 Å². The van der Waals surface area contributed by atoms with Crippen LogP contribution in [-0.4, -0.2) is 47.1 Å². The lowest BCUT2D eigenvalue weighted by molar-refractivity contribution is -0.142. The van der Waals surface area contributed by atoms with E-state index in [1.807, 2.05) is 6.92 Å². The number of piperidine rings is 1. The molecule has 5 nitrogen and oxygen atoms in total. The van der Waals surface area contributed by atoms with Gasteiger partial charge >= 0.3 is 0 Å². The number of carbonyl (C=O) groups is 2. The summed E-state index contributed by atoms with van der Waals surface area (Å²) in [6, 6.07) is -0.310. The van der Waals surface area contributed by atoms with Crippen LogP contribution in [0.2, 0.25) is 0 Å². The standard InChI is InChI=1S/C15H26N2O3/c1-2-14(19)17-9-4-3-7-12(17)15(20)16-10-11-6-5-8-13(11)18/h11-13,18H,2-10H2,1H3,(H,16,20). The van der Waals surface area contributed by atoms with Gasteiger partial charge in [-0.15, -0.1) is 0 Å². The summed E-state index contributed by atoms with van der Waals surface area (Å²) >= 11 is 0. The molecule has 1 aliphatic heterocycles. The molecule has 0 aromatic carbocycles. The second kappa shape index (κ2) is 7.07. The predicted molar refractivity (Wildman–Crippen MR) is 76.0 cm³/mol. The van der Waals surface area contributed by atoms with Gasteiger partial charge in [0.25, 0.3) is 0 Å². The van der Waals surface area contributed by atoms with Crippen molar-refractivity contribution in [3.05, 3.63) is 0 Å². The molecule has 2 N–H and O–H groups in total. The molecule has 0 spiro atoms. The molecule has 2 aliphatic rings. The molecule has 1 saturated heterocycles. The van der Waals surface area contributed by atoms with Crippen molar-refractivity contribution < 1.29 is 14.7 Å². The van der Waals surface area contributed by atoms with E-state index in [-0.39, 0.29) is 29.9 Å². The largest absolute Gasteiger partial charge is 0.393 e. The van der Waals surface area contributed by atoms with Crippen molar-refractivity contribution in [2.45, 2.75) is 64.0 Å². The summed E-state index contributed by atoms with van der Waals surface area (Å²) in [5, 5.41) is 12.7. The molecule has 1 aliphatic carbocycles. The molecule has 0 aromatic rings. The van der Waals surface area contributed by atoms with Crippen molar-refractivity contribution in [1.82, 2.24) is 10.2 Å². The van der Waals surface area contributed by atoms with Gasteiger partial charge in [0, 0.05) is 25.4 Å². The minimum atomic E-state index is -0.310. The summed E-state index contributed by atoms with van der Waals surface area (Å²) in [7, 11) is 0. The van der Waals surface area contributed by atoms with Gasteiger partial charge in [-0.05, 0) is 32.1 Å². The highest BCUT2D eigenvalue weighted by molar-refractivity contribution is 5.87. The van der Waals surface area contributed by atoms with E-state index in [1.165, 1.54) is 0 Å². The van der Waals surface area contributed by atoms with Gasteiger partial charge in [-0.25, -0.2) is 0 Å². The molecule has 0 aromatic heterocycles. The Balaban J connectivity index is 1.87. The fourth-order valence-corrected chi connectivity index (χ4v) is 3.31. The highest BCUT2D eigenvalue weighted by Gasteiger charge is 2.32. The van der Waals surface area contributed by atoms with E-state index in [4.69, 9.17) is 0 Å². The third-order valence-electron chi connectivity index (χ3n) is 4.59. The molecule has 3 atom stereocenters. The lowest BCUT2D eigenvalue weighted by Gasteiger charge is -2.34. The molecule has 2 rings (SSSR count). The van der Waals surface area contributed by atoms with Crippen LogP contribution in [0.25, 0.3) is 0 Å². The van der Waals surface area contributed by atoms with Crippen LogP contribution in [-0.2, 0) is 9.59 Å². The van der Waals surface area contributed by atoms with Crippen LogP contribution in [0, 0.1) is 5.92 Å². The fraction of sp³-hybridized carbons (Fsp3) is 0.867. The zero-order chi connectivity index (χ0) is 14.5. The topological polar surface area (TPSA) is 69.6 Å². The smallest absolute Gasteiger partial charge is 0.242 e. The Morgan fingerprint density at radius 3 is 2.65 bits per heavy atom.